The van der Waals surface area contributed by atoms with Crippen LogP contribution in [0.3, 0.4) is 0 Å². The Hall–Kier alpha value is -1.83. The maximum absolute atomic E-state index is 11.2. The van der Waals surface area contributed by atoms with Crippen molar-refractivity contribution in [1.29, 1.82) is 0 Å². The highest BCUT2D eigenvalue weighted by Crippen LogP contribution is 2.44. The molecule has 3 heterocycles. The summed E-state index contributed by atoms with van der Waals surface area (Å²) in [6.45, 7) is 4.41. The van der Waals surface area contributed by atoms with Crippen molar-refractivity contribution in [2.45, 2.75) is 68.4 Å². The van der Waals surface area contributed by atoms with Gasteiger partial charge in [0.2, 0.25) is 0 Å². The summed E-state index contributed by atoms with van der Waals surface area (Å²) in [7, 11) is -3.14. The third-order valence-electron chi connectivity index (χ3n) is 5.89. The van der Waals surface area contributed by atoms with Gasteiger partial charge in [-0.1, -0.05) is 25.8 Å². The maximum atomic E-state index is 11.2. The molecule has 2 aromatic heterocycles. The fourth-order valence-corrected chi connectivity index (χ4v) is 4.92. The van der Waals surface area contributed by atoms with Crippen LogP contribution in [0.2, 0.25) is 0 Å². The number of nitrogens with zero attached hydrogens (tertiary/aromatic N) is 2. The van der Waals surface area contributed by atoms with Gasteiger partial charge in [-0.3, -0.25) is 9.97 Å². The average Bonchev–Trinajstić information content (AvgIpc) is 3.20. The number of aromatic nitrogens is 2. The predicted molar refractivity (Wildman–Crippen MR) is 120 cm³/mol. The lowest BCUT2D eigenvalue weighted by Gasteiger charge is -2.38. The van der Waals surface area contributed by atoms with Gasteiger partial charge in [0.25, 0.3) is 0 Å². The molecule has 0 amide bonds. The molecule has 0 radical (unpaired) electrons. The Morgan fingerprint density at radius 3 is 2.73 bits per heavy atom. The summed E-state index contributed by atoms with van der Waals surface area (Å²) in [6, 6.07) is 7.90. The summed E-state index contributed by atoms with van der Waals surface area (Å²) >= 11 is 0. The van der Waals surface area contributed by atoms with Gasteiger partial charge in [-0.2, -0.15) is 0 Å². The molecule has 2 aromatic rings. The molecular weight excluding hydrogens is 398 g/mol. The van der Waals surface area contributed by atoms with Gasteiger partial charge < -0.3 is 10.1 Å². The molecule has 1 atom stereocenters. The molecule has 1 saturated heterocycles. The lowest BCUT2D eigenvalue weighted by Crippen LogP contribution is -2.36. The van der Waals surface area contributed by atoms with E-state index in [1.54, 1.807) is 12.3 Å². The van der Waals surface area contributed by atoms with E-state index in [0.717, 1.165) is 25.1 Å². The van der Waals surface area contributed by atoms with E-state index >= 15 is 0 Å². The quantitative estimate of drug-likeness (QED) is 0.764. The molecule has 2 fully saturated rings. The minimum atomic E-state index is -3.14. The van der Waals surface area contributed by atoms with Crippen molar-refractivity contribution in [2.24, 2.45) is 0 Å². The number of pyridine rings is 2. The number of ether oxygens (including phenoxy) is 1. The number of sulfone groups is 1. The minimum absolute atomic E-state index is 0. The summed E-state index contributed by atoms with van der Waals surface area (Å²) in [4.78, 5) is 8.66. The van der Waals surface area contributed by atoms with Crippen LogP contribution in [0.4, 0.5) is 0 Å². The van der Waals surface area contributed by atoms with Crippen molar-refractivity contribution < 1.29 is 14.6 Å². The van der Waals surface area contributed by atoms with Gasteiger partial charge in [-0.15, -0.1) is 0 Å². The van der Waals surface area contributed by atoms with Crippen LogP contribution in [0, 0.1) is 0 Å². The molecule has 1 N–H and O–H groups in total. The molecule has 1 spiro atoms. The summed E-state index contributed by atoms with van der Waals surface area (Å²) in [5.74, 6) is 0.619. The van der Waals surface area contributed by atoms with E-state index in [2.05, 4.69) is 27.4 Å². The molecule has 4 rings (SSSR count). The molecule has 1 aliphatic heterocycles. The van der Waals surface area contributed by atoms with Crippen LogP contribution in [0.15, 0.2) is 47.8 Å². The summed E-state index contributed by atoms with van der Waals surface area (Å²) in [6.07, 6.45) is 13.6. The maximum Gasteiger partial charge on any atom is 0.177 e. The molecule has 30 heavy (non-hydrogen) atoms. The monoisotopic (exact) mass is 433 g/mol. The van der Waals surface area contributed by atoms with Crippen molar-refractivity contribution in [2.75, 3.05) is 19.4 Å². The first-order valence-electron chi connectivity index (χ1n) is 10.8. The molecule has 0 bridgehead atoms. The molecule has 2 aliphatic rings. The van der Waals surface area contributed by atoms with Crippen LogP contribution in [0.5, 0.6) is 0 Å². The molecule has 7 heteroatoms. The zero-order valence-corrected chi connectivity index (χ0v) is 18.8. The second-order valence-corrected chi connectivity index (χ2v) is 10.3. The molecule has 166 valence electrons. The van der Waals surface area contributed by atoms with E-state index in [4.69, 9.17) is 4.74 Å². The van der Waals surface area contributed by atoms with Gasteiger partial charge >= 0.3 is 0 Å². The molecule has 0 aromatic carbocycles. The second-order valence-electron chi connectivity index (χ2n) is 8.26. The predicted octanol–water partition coefficient (Wildman–Crippen LogP) is 4.13. The van der Waals surface area contributed by atoms with Gasteiger partial charge in [0, 0.05) is 51.0 Å². The van der Waals surface area contributed by atoms with E-state index < -0.39 is 9.84 Å². The van der Waals surface area contributed by atoms with E-state index in [1.807, 2.05) is 19.2 Å². The Balaban J connectivity index is 0.000000216. The van der Waals surface area contributed by atoms with Crippen molar-refractivity contribution in [3.63, 3.8) is 0 Å². The Labute approximate surface area is 181 Å². The lowest BCUT2D eigenvalue weighted by molar-refractivity contribution is -0.0809. The Kier molecular flexibility index (Phi) is 7.97. The van der Waals surface area contributed by atoms with Crippen molar-refractivity contribution in [3.05, 3.63) is 54.1 Å². The molecule has 6 nitrogen and oxygen atoms in total. The zero-order valence-electron chi connectivity index (χ0n) is 18.0. The number of hydrogen-bond donors (Lipinski definition) is 1. The highest BCUT2D eigenvalue weighted by Gasteiger charge is 2.40. The summed E-state index contributed by atoms with van der Waals surface area (Å²) in [5.41, 5.74) is 2.35. The third-order valence-corrected chi connectivity index (χ3v) is 6.97. The van der Waals surface area contributed by atoms with Crippen LogP contribution >= 0.6 is 0 Å². The average molecular weight is 434 g/mol. The molecule has 1 aliphatic carbocycles. The van der Waals surface area contributed by atoms with Crippen LogP contribution in [0.1, 0.15) is 64.1 Å². The zero-order chi connectivity index (χ0) is 21.5. The van der Waals surface area contributed by atoms with Gasteiger partial charge in [0.1, 0.15) is 0 Å². The van der Waals surface area contributed by atoms with E-state index in [0.29, 0.717) is 12.5 Å². The first-order chi connectivity index (χ1) is 14.4. The van der Waals surface area contributed by atoms with E-state index in [9.17, 15) is 8.42 Å². The largest absolute Gasteiger partial charge is 0.375 e. The topological polar surface area (TPSA) is 81.2 Å². The minimum Gasteiger partial charge on any atom is -0.375 e. The highest BCUT2D eigenvalue weighted by atomic mass is 32.2. The number of nitrogens with one attached hydrogen (secondary N) is 1. The first kappa shape index (κ1) is 22.8. The fraction of sp³-hybridized carbons (Fsp3) is 0.565. The van der Waals surface area contributed by atoms with Gasteiger partial charge in [0.15, 0.2) is 9.84 Å². The molecular formula is C23H35N3O3S. The Morgan fingerprint density at radius 2 is 2.07 bits per heavy atom. The smallest absolute Gasteiger partial charge is 0.177 e. The second kappa shape index (κ2) is 10.5. The van der Waals surface area contributed by atoms with Crippen LogP contribution in [0.25, 0.3) is 0 Å². The summed E-state index contributed by atoms with van der Waals surface area (Å²) < 4.78 is 28.4. The summed E-state index contributed by atoms with van der Waals surface area (Å²) in [5, 5.41) is 3.11. The van der Waals surface area contributed by atoms with E-state index in [1.165, 1.54) is 50.3 Å². The van der Waals surface area contributed by atoms with Crippen molar-refractivity contribution >= 4 is 9.84 Å². The van der Waals surface area contributed by atoms with Crippen LogP contribution < -0.4 is 5.32 Å². The fourth-order valence-electron chi connectivity index (χ4n) is 4.30. The van der Waals surface area contributed by atoms with Crippen LogP contribution in [-0.2, 0) is 21.1 Å². The molecule has 0 unspecified atom stereocenters. The number of rotatable bonds is 5. The first-order valence-corrected chi connectivity index (χ1v) is 12.7. The highest BCUT2D eigenvalue weighted by molar-refractivity contribution is 7.90. The van der Waals surface area contributed by atoms with Gasteiger partial charge in [0.05, 0.1) is 10.5 Å². The normalized spacial score (nSPS) is 20.5. The standard InChI is InChI=1S/C14H19NO.C9H14N2O2S.H2/c1-4-9-15-13(5-1)12-6-10-16-14(11-12)7-2-3-8-14;1-3-10-5-8-4-9(7-11-6-8)14(2,12)13;/h1,4-5,9,12H,2-3,6-8,10-11H2;4,6-7,10H,3,5H2,1-2H3;1H/t12-;;/m1../s1. The van der Waals surface area contributed by atoms with Gasteiger partial charge in [-0.25, -0.2) is 8.42 Å². The van der Waals surface area contributed by atoms with Crippen LogP contribution in [-0.4, -0.2) is 43.4 Å². The van der Waals surface area contributed by atoms with Crippen molar-refractivity contribution in [1.82, 2.24) is 15.3 Å². The lowest BCUT2D eigenvalue weighted by atomic mass is 9.83. The SMILES string of the molecule is CCNCc1cncc(S(C)(=O)=O)c1.[HH].c1ccc([C@@H]2CCOC3(CCCC3)C2)nc1. The number of hydrogen-bond acceptors (Lipinski definition) is 6. The van der Waals surface area contributed by atoms with Gasteiger partial charge in [-0.05, 0) is 56.0 Å². The molecule has 1 saturated carbocycles. The Bertz CT molecular complexity index is 903. The van der Waals surface area contributed by atoms with E-state index in [-0.39, 0.29) is 11.9 Å². The third kappa shape index (κ3) is 6.33. The van der Waals surface area contributed by atoms with Crippen molar-refractivity contribution in [3.8, 4) is 0 Å². The Morgan fingerprint density at radius 1 is 1.27 bits per heavy atom.